The highest BCUT2D eigenvalue weighted by Gasteiger charge is 2.03. The third-order valence-corrected chi connectivity index (χ3v) is 2.11. The van der Waals surface area contributed by atoms with Crippen LogP contribution in [0.3, 0.4) is 0 Å². The second-order valence-corrected chi connectivity index (χ2v) is 3.01. The van der Waals surface area contributed by atoms with Crippen LogP contribution in [0.4, 0.5) is 0 Å². The van der Waals surface area contributed by atoms with E-state index in [0.29, 0.717) is 5.75 Å². The lowest BCUT2D eigenvalue weighted by Crippen LogP contribution is -1.89. The van der Waals surface area contributed by atoms with Crippen molar-refractivity contribution in [1.82, 2.24) is 0 Å². The van der Waals surface area contributed by atoms with Crippen molar-refractivity contribution in [1.29, 1.82) is 0 Å². The molecule has 0 aliphatic carbocycles. The van der Waals surface area contributed by atoms with Gasteiger partial charge in [0, 0.05) is 0 Å². The number of phenolic OH excluding ortho intramolecular Hbond substituents is 1. The maximum Gasteiger partial charge on any atom is 0.121 e. The molecule has 0 amide bonds. The molecule has 0 saturated carbocycles. The fraction of sp³-hybridized carbons (Fsp3) is 0.273. The van der Waals surface area contributed by atoms with Crippen LogP contribution in [-0.2, 0) is 6.42 Å². The number of benzene rings is 1. The topological polar surface area (TPSA) is 20.2 Å². The van der Waals surface area contributed by atoms with Gasteiger partial charge in [0.2, 0.25) is 0 Å². The first-order valence-electron chi connectivity index (χ1n) is 4.05. The molecule has 0 atom stereocenters. The molecule has 0 unspecified atom stereocenters. The van der Waals surface area contributed by atoms with Crippen molar-refractivity contribution in [2.45, 2.75) is 20.3 Å². The predicted molar refractivity (Wildman–Crippen MR) is 51.5 cm³/mol. The van der Waals surface area contributed by atoms with Gasteiger partial charge in [-0.2, -0.15) is 0 Å². The quantitative estimate of drug-likeness (QED) is 0.663. The molecule has 1 rings (SSSR count). The first kappa shape index (κ1) is 8.85. The fourth-order valence-corrected chi connectivity index (χ4v) is 1.25. The van der Waals surface area contributed by atoms with Crippen LogP contribution in [0.2, 0.25) is 0 Å². The van der Waals surface area contributed by atoms with Crippen LogP contribution in [0.25, 0.3) is 0 Å². The Kier molecular flexibility index (Phi) is 2.54. The predicted octanol–water partition coefficient (Wildman–Crippen LogP) is 2.74. The van der Waals surface area contributed by atoms with Gasteiger partial charge in [-0.15, -0.1) is 6.58 Å². The summed E-state index contributed by atoms with van der Waals surface area (Å²) < 4.78 is 0. The van der Waals surface area contributed by atoms with E-state index in [1.807, 2.05) is 32.1 Å². The van der Waals surface area contributed by atoms with Crippen molar-refractivity contribution in [2.24, 2.45) is 0 Å². The van der Waals surface area contributed by atoms with E-state index in [2.05, 4.69) is 6.58 Å². The molecule has 1 nitrogen and oxygen atoms in total. The van der Waals surface area contributed by atoms with Gasteiger partial charge in [-0.3, -0.25) is 0 Å². The SMILES string of the molecule is C=CCc1ccc(C)c(O)c1C. The van der Waals surface area contributed by atoms with Crippen molar-refractivity contribution in [2.75, 3.05) is 0 Å². The van der Waals surface area contributed by atoms with Gasteiger partial charge in [0.05, 0.1) is 0 Å². The molecule has 0 aliphatic heterocycles. The van der Waals surface area contributed by atoms with Gasteiger partial charge in [0.15, 0.2) is 0 Å². The van der Waals surface area contributed by atoms with Crippen LogP contribution < -0.4 is 0 Å². The molecular weight excluding hydrogens is 148 g/mol. The lowest BCUT2D eigenvalue weighted by molar-refractivity contribution is 0.466. The van der Waals surface area contributed by atoms with Crippen LogP contribution in [0.1, 0.15) is 16.7 Å². The van der Waals surface area contributed by atoms with Gasteiger partial charge in [-0.05, 0) is 37.0 Å². The Labute approximate surface area is 73.4 Å². The van der Waals surface area contributed by atoms with E-state index >= 15 is 0 Å². The van der Waals surface area contributed by atoms with Crippen molar-refractivity contribution < 1.29 is 5.11 Å². The summed E-state index contributed by atoms with van der Waals surface area (Å²) in [4.78, 5) is 0. The van der Waals surface area contributed by atoms with Crippen molar-refractivity contribution in [3.8, 4) is 5.75 Å². The first-order valence-corrected chi connectivity index (χ1v) is 4.05. The highest BCUT2D eigenvalue weighted by Crippen LogP contribution is 2.24. The van der Waals surface area contributed by atoms with Gasteiger partial charge in [0.1, 0.15) is 5.75 Å². The molecule has 0 bridgehead atoms. The average Bonchev–Trinajstić information content (AvgIpc) is 2.07. The zero-order valence-corrected chi connectivity index (χ0v) is 7.59. The highest BCUT2D eigenvalue weighted by atomic mass is 16.3. The van der Waals surface area contributed by atoms with Crippen molar-refractivity contribution >= 4 is 0 Å². The molecule has 1 N–H and O–H groups in total. The van der Waals surface area contributed by atoms with Crippen molar-refractivity contribution in [3.05, 3.63) is 41.5 Å². The van der Waals surface area contributed by atoms with E-state index in [0.717, 1.165) is 23.1 Å². The lowest BCUT2D eigenvalue weighted by Gasteiger charge is -2.07. The zero-order valence-electron chi connectivity index (χ0n) is 7.59. The third kappa shape index (κ3) is 1.50. The van der Waals surface area contributed by atoms with E-state index in [1.54, 1.807) is 0 Å². The highest BCUT2D eigenvalue weighted by molar-refractivity contribution is 5.44. The Morgan fingerprint density at radius 3 is 2.67 bits per heavy atom. The summed E-state index contributed by atoms with van der Waals surface area (Å²) in [5.74, 6) is 0.411. The zero-order chi connectivity index (χ0) is 9.14. The van der Waals surface area contributed by atoms with E-state index in [-0.39, 0.29) is 0 Å². The van der Waals surface area contributed by atoms with Crippen LogP contribution >= 0.6 is 0 Å². The molecule has 1 aromatic rings. The van der Waals surface area contributed by atoms with Crippen LogP contribution in [-0.4, -0.2) is 5.11 Å². The largest absolute Gasteiger partial charge is 0.507 e. The Bertz CT molecular complexity index is 300. The summed E-state index contributed by atoms with van der Waals surface area (Å²) in [5, 5.41) is 9.58. The maximum atomic E-state index is 9.58. The molecule has 0 saturated heterocycles. The van der Waals surface area contributed by atoms with Gasteiger partial charge in [-0.25, -0.2) is 0 Å². The summed E-state index contributed by atoms with van der Waals surface area (Å²) in [7, 11) is 0. The summed E-state index contributed by atoms with van der Waals surface area (Å²) in [6, 6.07) is 3.97. The molecule has 0 aliphatic rings. The Balaban J connectivity index is 3.16. The van der Waals surface area contributed by atoms with Crippen molar-refractivity contribution in [3.63, 3.8) is 0 Å². The normalized spacial score (nSPS) is 9.83. The molecule has 0 heterocycles. The number of allylic oxidation sites excluding steroid dienone is 1. The van der Waals surface area contributed by atoms with Crippen LogP contribution in [0, 0.1) is 13.8 Å². The molecule has 0 aromatic heterocycles. The summed E-state index contributed by atoms with van der Waals surface area (Å²) >= 11 is 0. The number of hydrogen-bond acceptors (Lipinski definition) is 1. The van der Waals surface area contributed by atoms with E-state index < -0.39 is 0 Å². The average molecular weight is 162 g/mol. The maximum absolute atomic E-state index is 9.58. The van der Waals surface area contributed by atoms with E-state index in [4.69, 9.17) is 0 Å². The number of aromatic hydroxyl groups is 1. The first-order chi connectivity index (χ1) is 5.66. The molecule has 0 fully saturated rings. The Hall–Kier alpha value is -1.24. The number of aryl methyl sites for hydroxylation is 1. The van der Waals surface area contributed by atoms with Gasteiger partial charge in [0.25, 0.3) is 0 Å². The van der Waals surface area contributed by atoms with E-state index in [1.165, 1.54) is 0 Å². The fourth-order valence-electron chi connectivity index (χ4n) is 1.25. The number of rotatable bonds is 2. The number of hydrogen-bond donors (Lipinski definition) is 1. The minimum absolute atomic E-state index is 0.411. The Morgan fingerprint density at radius 2 is 2.08 bits per heavy atom. The second kappa shape index (κ2) is 3.44. The van der Waals surface area contributed by atoms with Crippen LogP contribution in [0.5, 0.6) is 5.75 Å². The summed E-state index contributed by atoms with van der Waals surface area (Å²) in [6.07, 6.45) is 2.66. The molecule has 64 valence electrons. The summed E-state index contributed by atoms with van der Waals surface area (Å²) in [6.45, 7) is 7.50. The summed E-state index contributed by atoms with van der Waals surface area (Å²) in [5.41, 5.74) is 3.04. The van der Waals surface area contributed by atoms with Crippen LogP contribution in [0.15, 0.2) is 24.8 Å². The molecular formula is C11H14O. The van der Waals surface area contributed by atoms with Gasteiger partial charge >= 0.3 is 0 Å². The smallest absolute Gasteiger partial charge is 0.121 e. The number of phenols is 1. The molecule has 0 radical (unpaired) electrons. The van der Waals surface area contributed by atoms with Gasteiger partial charge < -0.3 is 5.11 Å². The third-order valence-electron chi connectivity index (χ3n) is 2.11. The monoisotopic (exact) mass is 162 g/mol. The van der Waals surface area contributed by atoms with E-state index in [9.17, 15) is 5.11 Å². The molecule has 1 heteroatoms. The Morgan fingerprint density at radius 1 is 1.42 bits per heavy atom. The lowest BCUT2D eigenvalue weighted by atomic mass is 10.0. The van der Waals surface area contributed by atoms with Gasteiger partial charge in [-0.1, -0.05) is 18.2 Å². The minimum Gasteiger partial charge on any atom is -0.507 e. The minimum atomic E-state index is 0.411. The standard InChI is InChI=1S/C11H14O/c1-4-5-10-7-6-8(2)11(12)9(10)3/h4,6-7,12H,1,5H2,2-3H3. The second-order valence-electron chi connectivity index (χ2n) is 3.01. The molecule has 1 aromatic carbocycles. The molecule has 0 spiro atoms. The molecule has 12 heavy (non-hydrogen) atoms.